The Balaban J connectivity index is 2.86. The summed E-state index contributed by atoms with van der Waals surface area (Å²) in [5.41, 5.74) is 5.49. The van der Waals surface area contributed by atoms with Crippen LogP contribution in [0.2, 0.25) is 0 Å². The smallest absolute Gasteiger partial charge is 0.325 e. The second kappa shape index (κ2) is 5.15. The van der Waals surface area contributed by atoms with Crippen molar-refractivity contribution in [3.8, 4) is 5.88 Å². The molecule has 0 aromatic carbocycles. The number of carbonyl (C=O) groups excluding carboxylic acids is 1. The van der Waals surface area contributed by atoms with Crippen LogP contribution in [0.1, 0.15) is 0 Å². The molecule has 0 radical (unpaired) electrons. The molecular formula is C9H14N4O3. The molecule has 1 aromatic rings. The van der Waals surface area contributed by atoms with E-state index in [2.05, 4.69) is 14.7 Å². The first-order valence-corrected chi connectivity index (χ1v) is 4.53. The van der Waals surface area contributed by atoms with E-state index in [0.717, 1.165) is 0 Å². The molecule has 1 rings (SSSR count). The van der Waals surface area contributed by atoms with Crippen LogP contribution in [-0.2, 0) is 9.53 Å². The first-order valence-electron chi connectivity index (χ1n) is 4.53. The first-order chi connectivity index (χ1) is 7.56. The molecule has 0 unspecified atom stereocenters. The van der Waals surface area contributed by atoms with Crippen LogP contribution in [0.25, 0.3) is 0 Å². The summed E-state index contributed by atoms with van der Waals surface area (Å²) in [7, 11) is 4.50. The van der Waals surface area contributed by atoms with Gasteiger partial charge in [0, 0.05) is 13.1 Å². The number of nitrogens with zero attached hydrogens (tertiary/aromatic N) is 3. The molecule has 0 aliphatic heterocycles. The molecule has 0 aliphatic rings. The Hall–Kier alpha value is -2.05. The average Bonchev–Trinajstić information content (AvgIpc) is 2.27. The van der Waals surface area contributed by atoms with Crippen LogP contribution in [0.5, 0.6) is 5.88 Å². The number of anilines is 2. The van der Waals surface area contributed by atoms with Crippen molar-refractivity contribution in [2.75, 3.05) is 38.4 Å². The maximum absolute atomic E-state index is 11.1. The van der Waals surface area contributed by atoms with Crippen molar-refractivity contribution in [3.63, 3.8) is 0 Å². The van der Waals surface area contributed by atoms with Gasteiger partial charge in [-0.05, 0) is 0 Å². The van der Waals surface area contributed by atoms with E-state index in [0.29, 0.717) is 11.7 Å². The van der Waals surface area contributed by atoms with Crippen molar-refractivity contribution in [3.05, 3.63) is 6.07 Å². The van der Waals surface area contributed by atoms with E-state index in [-0.39, 0.29) is 18.5 Å². The second-order valence-corrected chi connectivity index (χ2v) is 3.06. The zero-order valence-electron chi connectivity index (χ0n) is 9.43. The molecule has 7 heteroatoms. The van der Waals surface area contributed by atoms with Crippen molar-refractivity contribution < 1.29 is 14.3 Å². The Bertz CT molecular complexity index is 383. The number of nitrogen functional groups attached to an aromatic ring is 1. The Morgan fingerprint density at radius 3 is 2.75 bits per heavy atom. The summed E-state index contributed by atoms with van der Waals surface area (Å²) < 4.78 is 9.49. The molecule has 0 amide bonds. The highest BCUT2D eigenvalue weighted by Crippen LogP contribution is 2.16. The van der Waals surface area contributed by atoms with Crippen molar-refractivity contribution >= 4 is 17.7 Å². The van der Waals surface area contributed by atoms with Crippen LogP contribution in [0.15, 0.2) is 6.07 Å². The average molecular weight is 226 g/mol. The number of esters is 1. The van der Waals surface area contributed by atoms with Crippen LogP contribution in [-0.4, -0.2) is 43.7 Å². The summed E-state index contributed by atoms with van der Waals surface area (Å²) in [6.45, 7) is 0.0795. The Morgan fingerprint density at radius 2 is 2.19 bits per heavy atom. The Labute approximate surface area is 93.2 Å². The molecule has 0 fully saturated rings. The predicted molar refractivity (Wildman–Crippen MR) is 58.3 cm³/mol. The van der Waals surface area contributed by atoms with Gasteiger partial charge in [-0.15, -0.1) is 0 Å². The van der Waals surface area contributed by atoms with Crippen LogP contribution in [0, 0.1) is 0 Å². The third-order valence-corrected chi connectivity index (χ3v) is 1.90. The maximum atomic E-state index is 11.1. The summed E-state index contributed by atoms with van der Waals surface area (Å²) in [4.78, 5) is 20.5. The maximum Gasteiger partial charge on any atom is 0.325 e. The SMILES string of the molecule is COC(=O)CN(C)c1cc(OC)nc(N)n1. The van der Waals surface area contributed by atoms with Crippen LogP contribution in [0.3, 0.4) is 0 Å². The third-order valence-electron chi connectivity index (χ3n) is 1.90. The van der Waals surface area contributed by atoms with Gasteiger partial charge in [-0.1, -0.05) is 0 Å². The molecule has 7 nitrogen and oxygen atoms in total. The van der Waals surface area contributed by atoms with Crippen LogP contribution >= 0.6 is 0 Å². The lowest BCUT2D eigenvalue weighted by molar-refractivity contribution is -0.138. The number of hydrogen-bond donors (Lipinski definition) is 1. The molecule has 16 heavy (non-hydrogen) atoms. The minimum atomic E-state index is -0.362. The molecule has 88 valence electrons. The summed E-state index contributed by atoms with van der Waals surface area (Å²) >= 11 is 0. The lowest BCUT2D eigenvalue weighted by atomic mass is 10.4. The second-order valence-electron chi connectivity index (χ2n) is 3.06. The third kappa shape index (κ3) is 2.97. The fraction of sp³-hybridized carbons (Fsp3) is 0.444. The van der Waals surface area contributed by atoms with Crippen molar-refractivity contribution in [1.29, 1.82) is 0 Å². The van der Waals surface area contributed by atoms with E-state index in [1.54, 1.807) is 18.0 Å². The molecule has 0 spiro atoms. The Kier molecular flexibility index (Phi) is 3.87. The van der Waals surface area contributed by atoms with Gasteiger partial charge in [-0.25, -0.2) is 0 Å². The summed E-state index contributed by atoms with van der Waals surface area (Å²) in [5.74, 6) is 0.568. The van der Waals surface area contributed by atoms with Gasteiger partial charge in [0.05, 0.1) is 14.2 Å². The first kappa shape index (κ1) is 12.0. The number of nitrogens with two attached hydrogens (primary N) is 1. The molecule has 0 bridgehead atoms. The number of methoxy groups -OCH3 is 2. The number of hydrogen-bond acceptors (Lipinski definition) is 7. The van der Waals surface area contributed by atoms with Gasteiger partial charge < -0.3 is 20.1 Å². The number of likely N-dealkylation sites (N-methyl/N-ethyl adjacent to an activating group) is 1. The summed E-state index contributed by atoms with van der Waals surface area (Å²) in [6, 6.07) is 1.58. The van der Waals surface area contributed by atoms with E-state index < -0.39 is 0 Å². The Morgan fingerprint density at radius 1 is 1.50 bits per heavy atom. The topological polar surface area (TPSA) is 90.6 Å². The minimum Gasteiger partial charge on any atom is -0.481 e. The number of carbonyl (C=O) groups is 1. The molecule has 1 aromatic heterocycles. The molecule has 1 heterocycles. The summed E-state index contributed by atoms with van der Waals surface area (Å²) in [6.07, 6.45) is 0. The normalized spacial score (nSPS) is 9.69. The van der Waals surface area contributed by atoms with Gasteiger partial charge in [-0.2, -0.15) is 9.97 Å². The van der Waals surface area contributed by atoms with Gasteiger partial charge in [0.2, 0.25) is 11.8 Å². The van der Waals surface area contributed by atoms with E-state index in [9.17, 15) is 4.79 Å². The molecule has 0 atom stereocenters. The fourth-order valence-corrected chi connectivity index (χ4v) is 1.07. The van der Waals surface area contributed by atoms with Crippen molar-refractivity contribution in [2.45, 2.75) is 0 Å². The summed E-state index contributed by atoms with van der Waals surface area (Å²) in [5, 5.41) is 0. The molecule has 2 N–H and O–H groups in total. The largest absolute Gasteiger partial charge is 0.481 e. The highest BCUT2D eigenvalue weighted by molar-refractivity contribution is 5.75. The minimum absolute atomic E-state index is 0.0795. The molecule has 0 saturated carbocycles. The number of aromatic nitrogens is 2. The molecule has 0 aliphatic carbocycles. The van der Waals surface area contributed by atoms with Crippen molar-refractivity contribution in [2.24, 2.45) is 0 Å². The predicted octanol–water partition coefficient (Wildman–Crippen LogP) is -0.323. The van der Waals surface area contributed by atoms with Crippen LogP contribution in [0.4, 0.5) is 11.8 Å². The lowest BCUT2D eigenvalue weighted by Gasteiger charge is -2.16. The van der Waals surface area contributed by atoms with Crippen molar-refractivity contribution in [1.82, 2.24) is 9.97 Å². The highest BCUT2D eigenvalue weighted by atomic mass is 16.5. The van der Waals surface area contributed by atoms with E-state index >= 15 is 0 Å². The zero-order chi connectivity index (χ0) is 12.1. The van der Waals surface area contributed by atoms with Gasteiger partial charge in [0.15, 0.2) is 0 Å². The highest BCUT2D eigenvalue weighted by Gasteiger charge is 2.11. The van der Waals surface area contributed by atoms with E-state index in [4.69, 9.17) is 10.5 Å². The van der Waals surface area contributed by atoms with E-state index in [1.165, 1.54) is 14.2 Å². The molecule has 0 saturated heterocycles. The number of rotatable bonds is 4. The quantitative estimate of drug-likeness (QED) is 0.703. The standard InChI is InChI=1S/C9H14N4O3/c1-13(5-8(14)16-3)6-4-7(15-2)12-9(10)11-6/h4H,5H2,1-3H3,(H2,10,11,12). The molecular weight excluding hydrogens is 212 g/mol. The fourth-order valence-electron chi connectivity index (χ4n) is 1.07. The van der Waals surface area contributed by atoms with Crippen LogP contribution < -0.4 is 15.4 Å². The van der Waals surface area contributed by atoms with Gasteiger partial charge in [-0.3, -0.25) is 4.79 Å². The number of ether oxygens (including phenoxy) is 2. The lowest BCUT2D eigenvalue weighted by Crippen LogP contribution is -2.27. The van der Waals surface area contributed by atoms with Gasteiger partial charge in [0.25, 0.3) is 0 Å². The van der Waals surface area contributed by atoms with E-state index in [1.807, 2.05) is 0 Å². The zero-order valence-corrected chi connectivity index (χ0v) is 9.43. The van der Waals surface area contributed by atoms with Gasteiger partial charge >= 0.3 is 5.97 Å². The van der Waals surface area contributed by atoms with Gasteiger partial charge in [0.1, 0.15) is 12.4 Å². The monoisotopic (exact) mass is 226 g/mol.